The van der Waals surface area contributed by atoms with Crippen molar-refractivity contribution in [3.05, 3.63) is 36.5 Å². The zero-order chi connectivity index (χ0) is 47.3. The molecule has 1 heterocycles. The van der Waals surface area contributed by atoms with Gasteiger partial charge in [-0.3, -0.25) is 4.79 Å². The van der Waals surface area contributed by atoms with Crippen LogP contribution in [-0.4, -0.2) is 87.5 Å². The van der Waals surface area contributed by atoms with Crippen molar-refractivity contribution in [1.29, 1.82) is 0 Å². The molecule has 0 aliphatic carbocycles. The molecule has 6 N–H and O–H groups in total. The maximum Gasteiger partial charge on any atom is 0.220 e. The Kier molecular flexibility index (Phi) is 43.6. The van der Waals surface area contributed by atoms with Crippen molar-refractivity contribution in [2.45, 2.75) is 301 Å². The van der Waals surface area contributed by atoms with E-state index in [1.165, 1.54) is 186 Å². The molecule has 382 valence electrons. The van der Waals surface area contributed by atoms with Crippen LogP contribution in [0.4, 0.5) is 0 Å². The molecule has 1 rings (SSSR count). The summed E-state index contributed by atoms with van der Waals surface area (Å²) in [6.45, 7) is 3.76. The summed E-state index contributed by atoms with van der Waals surface area (Å²) in [5, 5.41) is 54.3. The van der Waals surface area contributed by atoms with E-state index in [-0.39, 0.29) is 12.5 Å². The van der Waals surface area contributed by atoms with Gasteiger partial charge in [0.1, 0.15) is 24.4 Å². The molecule has 7 unspecified atom stereocenters. The van der Waals surface area contributed by atoms with Gasteiger partial charge in [-0.15, -0.1) is 0 Å². The van der Waals surface area contributed by atoms with Crippen LogP contribution in [-0.2, 0) is 14.3 Å². The second kappa shape index (κ2) is 46.2. The van der Waals surface area contributed by atoms with E-state index in [0.717, 1.165) is 51.4 Å². The molecule has 0 bridgehead atoms. The number of ether oxygens (including phenoxy) is 2. The van der Waals surface area contributed by atoms with E-state index in [0.29, 0.717) is 6.42 Å². The maximum absolute atomic E-state index is 13.0. The number of amides is 1. The van der Waals surface area contributed by atoms with Gasteiger partial charge < -0.3 is 40.3 Å². The molecule has 0 aromatic carbocycles. The first kappa shape index (κ1) is 61.4. The van der Waals surface area contributed by atoms with Crippen LogP contribution in [0.15, 0.2) is 36.5 Å². The minimum absolute atomic E-state index is 0.187. The smallest absolute Gasteiger partial charge is 0.220 e. The number of unbranched alkanes of at least 4 members (excludes halogenated alkanes) is 33. The third-order valence-electron chi connectivity index (χ3n) is 13.2. The van der Waals surface area contributed by atoms with Crippen LogP contribution in [0.1, 0.15) is 258 Å². The molecule has 65 heavy (non-hydrogen) atoms. The van der Waals surface area contributed by atoms with E-state index >= 15 is 0 Å². The van der Waals surface area contributed by atoms with Gasteiger partial charge in [0.2, 0.25) is 5.91 Å². The highest BCUT2D eigenvalue weighted by Crippen LogP contribution is 2.23. The van der Waals surface area contributed by atoms with Crippen molar-refractivity contribution >= 4 is 5.91 Å². The Morgan fingerprint density at radius 1 is 0.508 bits per heavy atom. The minimum atomic E-state index is -1.57. The zero-order valence-corrected chi connectivity index (χ0v) is 42.3. The number of carbonyl (C=O) groups excluding carboxylic acids is 1. The highest BCUT2D eigenvalue weighted by molar-refractivity contribution is 5.76. The van der Waals surface area contributed by atoms with Crippen molar-refractivity contribution in [2.75, 3.05) is 13.2 Å². The zero-order valence-electron chi connectivity index (χ0n) is 42.3. The van der Waals surface area contributed by atoms with Gasteiger partial charge in [0.25, 0.3) is 0 Å². The van der Waals surface area contributed by atoms with Crippen molar-refractivity contribution in [2.24, 2.45) is 0 Å². The molecule has 9 nitrogen and oxygen atoms in total. The second-order valence-corrected chi connectivity index (χ2v) is 19.4. The molecule has 0 radical (unpaired) electrons. The first-order chi connectivity index (χ1) is 31.8. The van der Waals surface area contributed by atoms with Gasteiger partial charge >= 0.3 is 0 Å². The van der Waals surface area contributed by atoms with Gasteiger partial charge in [0.05, 0.1) is 25.4 Å². The lowest BCUT2D eigenvalue weighted by molar-refractivity contribution is -0.302. The van der Waals surface area contributed by atoms with E-state index in [1.54, 1.807) is 6.08 Å². The topological polar surface area (TPSA) is 149 Å². The summed E-state index contributed by atoms with van der Waals surface area (Å²) in [7, 11) is 0. The Balaban J connectivity index is 2.21. The van der Waals surface area contributed by atoms with Gasteiger partial charge in [-0.25, -0.2) is 0 Å². The lowest BCUT2D eigenvalue weighted by Crippen LogP contribution is -2.60. The molecule has 0 aromatic rings. The van der Waals surface area contributed by atoms with Crippen LogP contribution in [0.3, 0.4) is 0 Å². The molecule has 0 saturated carbocycles. The summed E-state index contributed by atoms with van der Waals surface area (Å²) in [6, 6.07) is -0.825. The Bertz CT molecular complexity index is 1110. The molecular formula is C56H105NO8. The highest BCUT2D eigenvalue weighted by Gasteiger charge is 2.44. The van der Waals surface area contributed by atoms with Crippen LogP contribution in [0.2, 0.25) is 0 Å². The van der Waals surface area contributed by atoms with Crippen LogP contribution in [0.25, 0.3) is 0 Å². The molecule has 1 amide bonds. The molecule has 1 saturated heterocycles. The molecule has 1 aliphatic heterocycles. The van der Waals surface area contributed by atoms with Crippen molar-refractivity contribution < 1.29 is 39.8 Å². The molecule has 0 spiro atoms. The Labute approximate surface area is 400 Å². The van der Waals surface area contributed by atoms with Crippen LogP contribution in [0.5, 0.6) is 0 Å². The Morgan fingerprint density at radius 2 is 0.877 bits per heavy atom. The normalized spacial score (nSPS) is 20.1. The second-order valence-electron chi connectivity index (χ2n) is 19.4. The fourth-order valence-corrected chi connectivity index (χ4v) is 8.78. The lowest BCUT2D eigenvalue weighted by Gasteiger charge is -2.40. The van der Waals surface area contributed by atoms with E-state index < -0.39 is 49.5 Å². The fraction of sp³-hybridized carbons (Fsp3) is 0.875. The SMILES string of the molecule is CCCCCCC/C=C/CC/C=C/CC/C=C/C(O)C(COC1OC(CO)C(O)C(O)C1O)NC(=O)CCCCCCCCCCCCCCCCCCCCCCCCCCCCC. The van der Waals surface area contributed by atoms with E-state index in [9.17, 15) is 30.3 Å². The van der Waals surface area contributed by atoms with Crippen molar-refractivity contribution in [3.8, 4) is 0 Å². The molecular weight excluding hydrogens is 815 g/mol. The molecule has 9 heteroatoms. The third kappa shape index (κ3) is 36.1. The maximum atomic E-state index is 13.0. The Morgan fingerprint density at radius 3 is 1.29 bits per heavy atom. The summed E-state index contributed by atoms with van der Waals surface area (Å²) < 4.78 is 11.2. The van der Waals surface area contributed by atoms with Crippen molar-refractivity contribution in [1.82, 2.24) is 5.32 Å². The Hall–Kier alpha value is -1.59. The summed E-state index contributed by atoms with van der Waals surface area (Å²) in [5.74, 6) is -0.187. The molecule has 1 fully saturated rings. The first-order valence-corrected chi connectivity index (χ1v) is 27.7. The van der Waals surface area contributed by atoms with Gasteiger partial charge in [0, 0.05) is 6.42 Å². The summed E-state index contributed by atoms with van der Waals surface area (Å²) in [4.78, 5) is 13.0. The summed E-state index contributed by atoms with van der Waals surface area (Å²) in [5.41, 5.74) is 0. The molecule has 7 atom stereocenters. The van der Waals surface area contributed by atoms with E-state index in [1.807, 2.05) is 6.08 Å². The molecule has 1 aliphatic rings. The molecule has 0 aromatic heterocycles. The quantitative estimate of drug-likeness (QED) is 0.0261. The van der Waals surface area contributed by atoms with Crippen LogP contribution in [0, 0.1) is 0 Å². The number of nitrogens with one attached hydrogen (secondary N) is 1. The number of rotatable bonds is 47. The number of hydrogen-bond acceptors (Lipinski definition) is 8. The number of allylic oxidation sites excluding steroid dienone is 5. The standard InChI is InChI=1S/C56H105NO8/c1-3-5-7-9-11-13-15-17-19-20-21-22-23-24-25-26-27-28-29-30-32-34-36-38-40-42-44-46-52(60)57-49(48-64-56-55(63)54(62)53(61)51(47-58)65-56)50(59)45-43-41-39-37-35-33-31-18-16-14-12-10-8-6-4-2/h16,18,35,37,43,45,49-51,53-56,58-59,61-63H,3-15,17,19-34,36,38-42,44,46-48H2,1-2H3,(H,57,60)/b18-16+,37-35+,45-43+. The number of aliphatic hydroxyl groups is 5. The lowest BCUT2D eigenvalue weighted by atomic mass is 9.99. The third-order valence-corrected chi connectivity index (χ3v) is 13.2. The van der Waals surface area contributed by atoms with Gasteiger partial charge in [0.15, 0.2) is 6.29 Å². The average Bonchev–Trinajstić information content (AvgIpc) is 3.31. The van der Waals surface area contributed by atoms with Gasteiger partial charge in [-0.2, -0.15) is 0 Å². The summed E-state index contributed by atoms with van der Waals surface area (Å²) >= 11 is 0. The predicted octanol–water partition coefficient (Wildman–Crippen LogP) is 13.2. The van der Waals surface area contributed by atoms with Crippen LogP contribution >= 0.6 is 0 Å². The number of carbonyl (C=O) groups is 1. The monoisotopic (exact) mass is 920 g/mol. The first-order valence-electron chi connectivity index (χ1n) is 27.7. The fourth-order valence-electron chi connectivity index (χ4n) is 8.78. The van der Waals surface area contributed by atoms with Crippen molar-refractivity contribution in [3.63, 3.8) is 0 Å². The van der Waals surface area contributed by atoms with E-state index in [2.05, 4.69) is 43.5 Å². The number of aliphatic hydroxyl groups excluding tert-OH is 5. The number of hydrogen-bond donors (Lipinski definition) is 6. The summed E-state index contributed by atoms with van der Waals surface area (Å²) in [6.07, 6.45) is 52.2. The van der Waals surface area contributed by atoms with Gasteiger partial charge in [-0.05, 0) is 44.9 Å². The van der Waals surface area contributed by atoms with Crippen LogP contribution < -0.4 is 5.32 Å². The highest BCUT2D eigenvalue weighted by atomic mass is 16.7. The van der Waals surface area contributed by atoms with Gasteiger partial charge in [-0.1, -0.05) is 243 Å². The largest absolute Gasteiger partial charge is 0.394 e. The average molecular weight is 920 g/mol. The minimum Gasteiger partial charge on any atom is -0.394 e. The predicted molar refractivity (Wildman–Crippen MR) is 272 cm³/mol. The van der Waals surface area contributed by atoms with E-state index in [4.69, 9.17) is 9.47 Å².